The zero-order valence-corrected chi connectivity index (χ0v) is 25.7. The number of unbranched alkanes of at least 4 members (excludes halogenated alkanes) is 5. The zero-order valence-electron chi connectivity index (χ0n) is 25.7. The number of para-hydroxylation sites is 1. The third-order valence-electron chi connectivity index (χ3n) is 9.50. The third kappa shape index (κ3) is 5.79. The lowest BCUT2D eigenvalue weighted by Gasteiger charge is -2.36. The lowest BCUT2D eigenvalue weighted by atomic mass is 9.66. The first-order valence-corrected chi connectivity index (χ1v) is 15.9. The van der Waals surface area contributed by atoms with Gasteiger partial charge in [-0.1, -0.05) is 42.3 Å². The molecule has 0 aliphatic carbocycles. The van der Waals surface area contributed by atoms with E-state index >= 15 is 0 Å². The van der Waals surface area contributed by atoms with Crippen LogP contribution in [0.3, 0.4) is 0 Å². The van der Waals surface area contributed by atoms with Crippen molar-refractivity contribution in [3.63, 3.8) is 0 Å². The number of esters is 1. The van der Waals surface area contributed by atoms with Crippen molar-refractivity contribution < 1.29 is 29.0 Å². The molecular formula is C33H45N5O6. The largest absolute Gasteiger partial charge is 0.465 e. The summed E-state index contributed by atoms with van der Waals surface area (Å²) >= 11 is 0. The van der Waals surface area contributed by atoms with Crippen LogP contribution in [0.25, 0.3) is 11.0 Å². The molecule has 3 saturated heterocycles. The van der Waals surface area contributed by atoms with Gasteiger partial charge in [0.1, 0.15) is 29.7 Å². The number of hydrogen-bond donors (Lipinski definition) is 1. The zero-order chi connectivity index (χ0) is 31.3. The lowest BCUT2D eigenvalue weighted by molar-refractivity contribution is -0.160. The summed E-state index contributed by atoms with van der Waals surface area (Å²) in [5, 5.41) is 17.7. The number of carbonyl (C=O) groups excluding carboxylic acids is 3. The van der Waals surface area contributed by atoms with E-state index in [0.29, 0.717) is 44.2 Å². The summed E-state index contributed by atoms with van der Waals surface area (Å²) in [6.45, 7) is 10.6. The molecule has 11 nitrogen and oxygen atoms in total. The highest BCUT2D eigenvalue weighted by Crippen LogP contribution is 2.63. The van der Waals surface area contributed by atoms with E-state index < -0.39 is 35.0 Å². The van der Waals surface area contributed by atoms with E-state index in [4.69, 9.17) is 9.47 Å². The van der Waals surface area contributed by atoms with Crippen molar-refractivity contribution in [3.05, 3.63) is 49.6 Å². The van der Waals surface area contributed by atoms with E-state index in [9.17, 15) is 19.5 Å². The third-order valence-corrected chi connectivity index (χ3v) is 9.50. The molecule has 1 spiro atoms. The quantitative estimate of drug-likeness (QED) is 0.164. The molecule has 2 unspecified atom stereocenters. The predicted molar refractivity (Wildman–Crippen MR) is 164 cm³/mol. The number of benzene rings is 1. The summed E-state index contributed by atoms with van der Waals surface area (Å²) in [7, 11) is 0. The Labute approximate surface area is 258 Å². The second kappa shape index (κ2) is 13.6. The van der Waals surface area contributed by atoms with Crippen molar-refractivity contribution in [1.29, 1.82) is 0 Å². The van der Waals surface area contributed by atoms with Gasteiger partial charge >= 0.3 is 5.97 Å². The number of hydrogen-bond acceptors (Lipinski definition) is 8. The van der Waals surface area contributed by atoms with E-state index in [2.05, 4.69) is 23.5 Å². The van der Waals surface area contributed by atoms with Crippen molar-refractivity contribution in [1.82, 2.24) is 24.8 Å². The van der Waals surface area contributed by atoms with Crippen LogP contribution in [0.4, 0.5) is 0 Å². The molecule has 3 fully saturated rings. The molecule has 5 atom stereocenters. The van der Waals surface area contributed by atoms with Crippen LogP contribution in [0.1, 0.15) is 64.7 Å². The molecule has 1 aromatic heterocycles. The van der Waals surface area contributed by atoms with E-state index in [-0.39, 0.29) is 38.2 Å². The number of ether oxygens (including phenoxy) is 2. The minimum absolute atomic E-state index is 0.117. The van der Waals surface area contributed by atoms with E-state index in [0.717, 1.165) is 31.2 Å². The average Bonchev–Trinajstić information content (AvgIpc) is 3.72. The number of aliphatic hydroxyl groups is 1. The Morgan fingerprint density at radius 1 is 1.14 bits per heavy atom. The van der Waals surface area contributed by atoms with Crippen molar-refractivity contribution in [2.45, 2.75) is 88.6 Å². The molecule has 4 heterocycles. The minimum atomic E-state index is -1.13. The van der Waals surface area contributed by atoms with Crippen LogP contribution in [0.15, 0.2) is 49.6 Å². The van der Waals surface area contributed by atoms with Crippen molar-refractivity contribution in [2.24, 2.45) is 11.8 Å². The number of amides is 2. The molecule has 1 aromatic carbocycles. The van der Waals surface area contributed by atoms with Crippen molar-refractivity contribution in [2.75, 3.05) is 26.3 Å². The van der Waals surface area contributed by atoms with E-state index in [1.165, 1.54) is 0 Å². The smallest absolute Gasteiger partial charge is 0.312 e. The predicted octanol–water partition coefficient (Wildman–Crippen LogP) is 3.62. The van der Waals surface area contributed by atoms with Gasteiger partial charge in [0.15, 0.2) is 0 Å². The molecule has 44 heavy (non-hydrogen) atoms. The van der Waals surface area contributed by atoms with E-state index in [1.54, 1.807) is 20.6 Å². The maximum Gasteiger partial charge on any atom is 0.312 e. The number of allylic oxidation sites excluding steroid dienone is 1. The van der Waals surface area contributed by atoms with Crippen molar-refractivity contribution in [3.8, 4) is 0 Å². The fourth-order valence-corrected chi connectivity index (χ4v) is 7.43. The second-order valence-corrected chi connectivity index (χ2v) is 12.4. The summed E-state index contributed by atoms with van der Waals surface area (Å²) in [6.07, 6.45) is 9.94. The first kappa shape index (κ1) is 31.8. The molecule has 3 aliphatic rings. The SMILES string of the molecule is C=CCCCCOC(=O)[C@H]1[C@H]2C(=O)N(CCCCCCO)C(C(=O)N(CC=C)Cn3nnc4ccccc43)C23CC[C@]1(C)O3. The monoisotopic (exact) mass is 607 g/mol. The van der Waals surface area contributed by atoms with Gasteiger partial charge in [-0.15, -0.1) is 18.3 Å². The molecule has 11 heteroatoms. The summed E-state index contributed by atoms with van der Waals surface area (Å²) in [5.74, 6) is -2.51. The normalized spacial score (nSPS) is 27.1. The number of aliphatic hydroxyl groups excluding tert-OH is 1. The molecule has 1 N–H and O–H groups in total. The fraction of sp³-hybridized carbons (Fsp3) is 0.606. The van der Waals surface area contributed by atoms with Crippen LogP contribution in [0, 0.1) is 11.8 Å². The van der Waals surface area contributed by atoms with Gasteiger partial charge in [-0.2, -0.15) is 0 Å². The van der Waals surface area contributed by atoms with Gasteiger partial charge in [0.2, 0.25) is 11.8 Å². The standard InChI is InChI=1S/C33H45N5O6/c1-4-6-7-14-22-43-31(42)27-26-29(40)37(20-12-8-9-13-21-39)28(33(26)18-17-32(27,3)44-33)30(41)36(19-5-2)23-38-25-16-11-10-15-24(25)34-35-38/h4-5,10-11,15-16,26-28,39H,1-2,6-9,12-14,17-23H2,3H3/t26-,27+,28?,32-,33?/m0/s1. The molecule has 2 aromatic rings. The summed E-state index contributed by atoms with van der Waals surface area (Å²) in [4.78, 5) is 45.9. The highest BCUT2D eigenvalue weighted by molar-refractivity contribution is 5.98. The number of rotatable bonds is 17. The van der Waals surface area contributed by atoms with Crippen LogP contribution in [-0.4, -0.2) is 91.2 Å². The van der Waals surface area contributed by atoms with E-state index in [1.807, 2.05) is 37.3 Å². The van der Waals surface area contributed by atoms with Gasteiger partial charge in [-0.25, -0.2) is 4.68 Å². The molecule has 2 amide bonds. The Balaban J connectivity index is 1.44. The second-order valence-electron chi connectivity index (χ2n) is 12.4. The Morgan fingerprint density at radius 2 is 1.93 bits per heavy atom. The fourth-order valence-electron chi connectivity index (χ4n) is 7.43. The number of likely N-dealkylation sites (tertiary alicyclic amines) is 1. The molecule has 3 aliphatic heterocycles. The number of fused-ring (bicyclic) bond motifs is 2. The Kier molecular flexibility index (Phi) is 9.84. The molecule has 2 bridgehead atoms. The Bertz CT molecular complexity index is 1380. The van der Waals surface area contributed by atoms with Gasteiger partial charge in [0.25, 0.3) is 0 Å². The number of aromatic nitrogens is 3. The van der Waals surface area contributed by atoms with Gasteiger partial charge in [0.05, 0.1) is 23.6 Å². The molecule has 5 rings (SSSR count). The molecule has 0 saturated carbocycles. The van der Waals surface area contributed by atoms with Gasteiger partial charge in [-0.3, -0.25) is 14.4 Å². The van der Waals surface area contributed by atoms with Crippen molar-refractivity contribution >= 4 is 28.8 Å². The summed E-state index contributed by atoms with van der Waals surface area (Å²) in [5.41, 5.74) is -0.524. The molecular weight excluding hydrogens is 562 g/mol. The molecule has 238 valence electrons. The number of nitrogens with zero attached hydrogens (tertiary/aromatic N) is 5. The first-order valence-electron chi connectivity index (χ1n) is 15.9. The number of carbonyl (C=O) groups is 3. The highest BCUT2D eigenvalue weighted by atomic mass is 16.6. The highest BCUT2D eigenvalue weighted by Gasteiger charge is 2.78. The average molecular weight is 608 g/mol. The maximum atomic E-state index is 14.7. The van der Waals surface area contributed by atoms with Gasteiger partial charge in [-0.05, 0) is 64.0 Å². The van der Waals surface area contributed by atoms with Gasteiger partial charge < -0.3 is 24.4 Å². The van der Waals surface area contributed by atoms with Crippen LogP contribution in [0.2, 0.25) is 0 Å². The van der Waals surface area contributed by atoms with Crippen LogP contribution in [-0.2, 0) is 30.5 Å². The maximum absolute atomic E-state index is 14.7. The minimum Gasteiger partial charge on any atom is -0.465 e. The molecule has 0 radical (unpaired) electrons. The lowest BCUT2D eigenvalue weighted by Crippen LogP contribution is -2.56. The Hall–Kier alpha value is -3.57. The van der Waals surface area contributed by atoms with Crippen LogP contribution in [0.5, 0.6) is 0 Å². The topological polar surface area (TPSA) is 127 Å². The van der Waals surface area contributed by atoms with Crippen LogP contribution >= 0.6 is 0 Å². The Morgan fingerprint density at radius 3 is 2.70 bits per heavy atom. The first-order chi connectivity index (χ1) is 21.3. The van der Waals surface area contributed by atoms with Crippen LogP contribution < -0.4 is 0 Å². The van der Waals surface area contributed by atoms with Gasteiger partial charge in [0, 0.05) is 19.7 Å². The summed E-state index contributed by atoms with van der Waals surface area (Å²) < 4.78 is 14.1. The summed E-state index contributed by atoms with van der Waals surface area (Å²) in [6, 6.07) is 6.63.